The standard InChI is InChI=1S/C28H27F/c1-3-20-5-7-22(8-6-20)11-14-24-15-16-26-19-25(17-18-27(26)28(24)29)23-12-9-21(4-2)10-13-23/h4-8,15-19,21,23H,2-3,9-10,12-13H2,1H3. The monoisotopic (exact) mass is 382 g/mol. The molecule has 0 aromatic heterocycles. The van der Waals surface area contributed by atoms with Crippen LogP contribution in [0.1, 0.15) is 60.8 Å². The molecule has 1 heteroatoms. The van der Waals surface area contributed by atoms with Crippen LogP contribution in [-0.4, -0.2) is 0 Å². The first-order valence-electron chi connectivity index (χ1n) is 10.6. The number of hydrogen-bond acceptors (Lipinski definition) is 0. The van der Waals surface area contributed by atoms with Crippen molar-refractivity contribution in [2.45, 2.75) is 44.9 Å². The van der Waals surface area contributed by atoms with Gasteiger partial charge in [0.1, 0.15) is 5.82 Å². The molecule has 146 valence electrons. The Labute approximate surface area is 173 Å². The van der Waals surface area contributed by atoms with Crippen LogP contribution in [-0.2, 0) is 6.42 Å². The number of hydrogen-bond donors (Lipinski definition) is 0. The first kappa shape index (κ1) is 19.5. The van der Waals surface area contributed by atoms with Crippen LogP contribution in [0, 0.1) is 23.6 Å². The molecule has 1 saturated carbocycles. The van der Waals surface area contributed by atoms with Crippen molar-refractivity contribution in [3.8, 4) is 11.8 Å². The van der Waals surface area contributed by atoms with Gasteiger partial charge in [0.2, 0.25) is 0 Å². The lowest BCUT2D eigenvalue weighted by molar-refractivity contribution is 0.376. The molecule has 4 rings (SSSR count). The van der Waals surface area contributed by atoms with E-state index in [1.165, 1.54) is 36.8 Å². The third-order valence-corrected chi connectivity index (χ3v) is 6.26. The molecule has 3 aromatic carbocycles. The zero-order valence-corrected chi connectivity index (χ0v) is 17.0. The summed E-state index contributed by atoms with van der Waals surface area (Å²) >= 11 is 0. The summed E-state index contributed by atoms with van der Waals surface area (Å²) in [6.45, 7) is 6.06. The molecule has 29 heavy (non-hydrogen) atoms. The van der Waals surface area contributed by atoms with Gasteiger partial charge >= 0.3 is 0 Å². The zero-order chi connectivity index (χ0) is 20.2. The van der Waals surface area contributed by atoms with E-state index in [1.54, 1.807) is 0 Å². The zero-order valence-electron chi connectivity index (χ0n) is 17.0. The first-order valence-corrected chi connectivity index (χ1v) is 10.6. The summed E-state index contributed by atoms with van der Waals surface area (Å²) in [7, 11) is 0. The molecule has 1 aliphatic rings. The summed E-state index contributed by atoms with van der Waals surface area (Å²) in [5.74, 6) is 7.12. The molecule has 0 spiro atoms. The fourth-order valence-electron chi connectivity index (χ4n) is 4.31. The minimum atomic E-state index is -0.220. The van der Waals surface area contributed by atoms with Crippen LogP contribution in [0.2, 0.25) is 0 Å². The van der Waals surface area contributed by atoms with E-state index in [2.05, 4.69) is 55.7 Å². The summed E-state index contributed by atoms with van der Waals surface area (Å²) in [4.78, 5) is 0. The van der Waals surface area contributed by atoms with E-state index >= 15 is 4.39 Å². The van der Waals surface area contributed by atoms with Gasteiger partial charge in [-0.1, -0.05) is 61.2 Å². The van der Waals surface area contributed by atoms with Crippen molar-refractivity contribution in [2.75, 3.05) is 0 Å². The Bertz CT molecular complexity index is 1070. The van der Waals surface area contributed by atoms with Crippen molar-refractivity contribution in [2.24, 2.45) is 5.92 Å². The second-order valence-electron chi connectivity index (χ2n) is 8.06. The highest BCUT2D eigenvalue weighted by atomic mass is 19.1. The Kier molecular flexibility index (Phi) is 5.81. The van der Waals surface area contributed by atoms with Crippen molar-refractivity contribution in [3.63, 3.8) is 0 Å². The van der Waals surface area contributed by atoms with Crippen LogP contribution >= 0.6 is 0 Å². The average Bonchev–Trinajstić information content (AvgIpc) is 2.79. The first-order chi connectivity index (χ1) is 14.2. The van der Waals surface area contributed by atoms with E-state index in [4.69, 9.17) is 0 Å². The smallest absolute Gasteiger partial charge is 0.146 e. The van der Waals surface area contributed by atoms with Gasteiger partial charge < -0.3 is 0 Å². The third kappa shape index (κ3) is 4.28. The molecule has 1 fully saturated rings. The Morgan fingerprint density at radius 2 is 1.72 bits per heavy atom. The molecule has 0 saturated heterocycles. The molecule has 0 atom stereocenters. The van der Waals surface area contributed by atoms with Crippen molar-refractivity contribution < 1.29 is 4.39 Å². The van der Waals surface area contributed by atoms with Crippen molar-refractivity contribution in [3.05, 3.63) is 95.3 Å². The second kappa shape index (κ2) is 8.66. The molecule has 0 aliphatic heterocycles. The van der Waals surface area contributed by atoms with Crippen LogP contribution in [0.3, 0.4) is 0 Å². The lowest BCUT2D eigenvalue weighted by atomic mass is 9.78. The van der Waals surface area contributed by atoms with Gasteiger partial charge in [-0.05, 0) is 78.7 Å². The van der Waals surface area contributed by atoms with Crippen LogP contribution in [0.5, 0.6) is 0 Å². The SMILES string of the molecule is C=CC1CCC(c2ccc3c(F)c(C#Cc4ccc(CC)cc4)ccc3c2)CC1. The quantitative estimate of drug-likeness (QED) is 0.327. The molecular formula is C28H27F. The fraction of sp³-hybridized carbons (Fsp3) is 0.286. The number of benzene rings is 3. The van der Waals surface area contributed by atoms with E-state index in [9.17, 15) is 0 Å². The molecular weight excluding hydrogens is 355 g/mol. The number of rotatable bonds is 3. The largest absolute Gasteiger partial charge is 0.205 e. The molecule has 0 N–H and O–H groups in total. The van der Waals surface area contributed by atoms with Gasteiger partial charge in [0, 0.05) is 10.9 Å². The van der Waals surface area contributed by atoms with E-state index in [1.807, 2.05) is 30.3 Å². The summed E-state index contributed by atoms with van der Waals surface area (Å²) in [5.41, 5.74) is 3.97. The van der Waals surface area contributed by atoms with E-state index in [0.717, 1.165) is 17.4 Å². The highest BCUT2D eigenvalue weighted by Gasteiger charge is 2.21. The van der Waals surface area contributed by atoms with E-state index in [0.29, 0.717) is 22.8 Å². The highest BCUT2D eigenvalue weighted by molar-refractivity contribution is 5.85. The number of halogens is 1. The van der Waals surface area contributed by atoms with Gasteiger partial charge in [0.15, 0.2) is 0 Å². The molecule has 0 unspecified atom stereocenters. The third-order valence-electron chi connectivity index (χ3n) is 6.26. The molecule has 0 heterocycles. The normalized spacial score (nSPS) is 18.8. The maximum atomic E-state index is 15.0. The Morgan fingerprint density at radius 3 is 2.41 bits per heavy atom. The number of allylic oxidation sites excluding steroid dienone is 1. The molecule has 0 bridgehead atoms. The van der Waals surface area contributed by atoms with E-state index in [-0.39, 0.29) is 5.82 Å². The van der Waals surface area contributed by atoms with E-state index < -0.39 is 0 Å². The Hall–Kier alpha value is -2.85. The molecule has 1 aliphatic carbocycles. The van der Waals surface area contributed by atoms with Crippen molar-refractivity contribution in [1.82, 2.24) is 0 Å². The lowest BCUT2D eigenvalue weighted by Gasteiger charge is -2.27. The fourth-order valence-corrected chi connectivity index (χ4v) is 4.31. The molecule has 0 radical (unpaired) electrons. The predicted molar refractivity (Wildman–Crippen MR) is 121 cm³/mol. The number of fused-ring (bicyclic) bond motifs is 1. The highest BCUT2D eigenvalue weighted by Crippen LogP contribution is 2.37. The maximum absolute atomic E-state index is 15.0. The van der Waals surface area contributed by atoms with Gasteiger partial charge in [-0.25, -0.2) is 4.39 Å². The van der Waals surface area contributed by atoms with Crippen LogP contribution in [0.25, 0.3) is 10.8 Å². The Morgan fingerprint density at radius 1 is 0.966 bits per heavy atom. The van der Waals surface area contributed by atoms with Gasteiger partial charge in [-0.15, -0.1) is 6.58 Å². The second-order valence-corrected chi connectivity index (χ2v) is 8.06. The molecule has 0 amide bonds. The van der Waals surface area contributed by atoms with Crippen molar-refractivity contribution >= 4 is 10.8 Å². The molecule has 0 nitrogen and oxygen atoms in total. The maximum Gasteiger partial charge on any atom is 0.146 e. The summed E-state index contributed by atoms with van der Waals surface area (Å²) in [6.07, 6.45) is 7.87. The summed E-state index contributed by atoms with van der Waals surface area (Å²) in [5, 5.41) is 1.62. The minimum Gasteiger partial charge on any atom is -0.205 e. The van der Waals surface area contributed by atoms with Gasteiger partial charge in [-0.3, -0.25) is 0 Å². The van der Waals surface area contributed by atoms with Gasteiger partial charge in [-0.2, -0.15) is 0 Å². The minimum absolute atomic E-state index is 0.220. The van der Waals surface area contributed by atoms with Crippen LogP contribution in [0.15, 0.2) is 67.3 Å². The molecule has 3 aromatic rings. The van der Waals surface area contributed by atoms with Crippen molar-refractivity contribution in [1.29, 1.82) is 0 Å². The predicted octanol–water partition coefficient (Wildman–Crippen LogP) is 7.40. The lowest BCUT2D eigenvalue weighted by Crippen LogP contribution is -2.11. The summed E-state index contributed by atoms with van der Waals surface area (Å²) in [6, 6.07) is 18.2. The topological polar surface area (TPSA) is 0 Å². The summed E-state index contributed by atoms with van der Waals surface area (Å²) < 4.78 is 15.0. The number of aryl methyl sites for hydroxylation is 1. The van der Waals surface area contributed by atoms with Crippen LogP contribution < -0.4 is 0 Å². The van der Waals surface area contributed by atoms with Gasteiger partial charge in [0.05, 0.1) is 5.56 Å². The van der Waals surface area contributed by atoms with Crippen LogP contribution in [0.4, 0.5) is 4.39 Å². The Balaban J connectivity index is 1.58. The average molecular weight is 383 g/mol. The van der Waals surface area contributed by atoms with Gasteiger partial charge in [0.25, 0.3) is 0 Å².